The Labute approximate surface area is 122 Å². The fourth-order valence-corrected chi connectivity index (χ4v) is 2.33. The number of nitrogens with zero attached hydrogens (tertiary/aromatic N) is 1. The average molecular weight is 287 g/mol. The van der Waals surface area contributed by atoms with Crippen molar-refractivity contribution in [3.05, 3.63) is 54.2 Å². The predicted molar refractivity (Wildman–Crippen MR) is 82.5 cm³/mol. The van der Waals surface area contributed by atoms with Crippen LogP contribution in [0.5, 0.6) is 0 Å². The molecule has 0 saturated heterocycles. The number of carbonyl (C=O) groups excluding carboxylic acids is 1. The number of aromatic nitrogens is 1. The van der Waals surface area contributed by atoms with E-state index in [1.807, 2.05) is 24.3 Å². The van der Waals surface area contributed by atoms with E-state index in [0.29, 0.717) is 18.0 Å². The number of hydrogen-bond donors (Lipinski definition) is 2. The normalized spacial score (nSPS) is 10.2. The number of anilines is 1. The van der Waals surface area contributed by atoms with Crippen LogP contribution in [0, 0.1) is 0 Å². The molecule has 0 atom stereocenters. The minimum absolute atomic E-state index is 0.0181. The number of amides is 1. The maximum absolute atomic E-state index is 11.7. The van der Waals surface area contributed by atoms with Crippen molar-refractivity contribution < 1.29 is 4.79 Å². The van der Waals surface area contributed by atoms with Crippen molar-refractivity contribution in [2.75, 3.05) is 18.0 Å². The van der Waals surface area contributed by atoms with E-state index in [1.165, 1.54) is 17.3 Å². The molecule has 2 aromatic rings. The molecule has 0 spiro atoms. The van der Waals surface area contributed by atoms with Crippen molar-refractivity contribution in [3.63, 3.8) is 0 Å². The zero-order chi connectivity index (χ0) is 14.2. The lowest BCUT2D eigenvalue weighted by Gasteiger charge is -2.05. The number of benzene rings is 1. The van der Waals surface area contributed by atoms with Crippen molar-refractivity contribution in [2.24, 2.45) is 0 Å². The average Bonchev–Trinajstić information content (AvgIpc) is 2.48. The first kappa shape index (κ1) is 14.4. The summed E-state index contributed by atoms with van der Waals surface area (Å²) in [6.45, 7) is 0.651. The Kier molecular flexibility index (Phi) is 5.43. The first-order chi connectivity index (χ1) is 9.74. The van der Waals surface area contributed by atoms with Gasteiger partial charge >= 0.3 is 0 Å². The van der Waals surface area contributed by atoms with Gasteiger partial charge in [-0.15, -0.1) is 0 Å². The molecule has 0 aliphatic carbocycles. The highest BCUT2D eigenvalue weighted by atomic mass is 32.2. The van der Waals surface area contributed by atoms with Gasteiger partial charge in [-0.3, -0.25) is 4.79 Å². The number of carbonyl (C=O) groups is 1. The van der Waals surface area contributed by atoms with Crippen molar-refractivity contribution in [1.29, 1.82) is 0 Å². The molecule has 1 heterocycles. The van der Waals surface area contributed by atoms with Crippen LogP contribution in [0.1, 0.15) is 5.56 Å². The quantitative estimate of drug-likeness (QED) is 0.799. The first-order valence-electron chi connectivity index (χ1n) is 6.39. The van der Waals surface area contributed by atoms with E-state index in [0.717, 1.165) is 11.4 Å². The summed E-state index contributed by atoms with van der Waals surface area (Å²) in [4.78, 5) is 15.8. The largest absolute Gasteiger partial charge is 0.397 e. The van der Waals surface area contributed by atoms with Crippen molar-refractivity contribution in [3.8, 4) is 0 Å². The van der Waals surface area contributed by atoms with Gasteiger partial charge in [-0.25, -0.2) is 4.98 Å². The molecule has 4 nitrogen and oxygen atoms in total. The molecule has 0 unspecified atom stereocenters. The zero-order valence-electron chi connectivity index (χ0n) is 11.1. The van der Waals surface area contributed by atoms with Gasteiger partial charge in [-0.1, -0.05) is 42.1 Å². The molecule has 1 aromatic heterocycles. The summed E-state index contributed by atoms with van der Waals surface area (Å²) in [5.74, 6) is 0.385. The van der Waals surface area contributed by atoms with Crippen LogP contribution in [0.25, 0.3) is 0 Å². The van der Waals surface area contributed by atoms with Gasteiger partial charge in [0.25, 0.3) is 0 Å². The Morgan fingerprint density at radius 2 is 2.00 bits per heavy atom. The molecule has 0 saturated carbocycles. The van der Waals surface area contributed by atoms with Gasteiger partial charge in [-0.2, -0.15) is 0 Å². The van der Waals surface area contributed by atoms with E-state index in [2.05, 4.69) is 22.4 Å². The SMILES string of the molecule is Nc1ccc(SCC(=O)NCCc2ccccc2)nc1. The summed E-state index contributed by atoms with van der Waals surface area (Å²) in [6.07, 6.45) is 2.44. The molecule has 0 aliphatic heterocycles. The molecule has 0 bridgehead atoms. The van der Waals surface area contributed by atoms with E-state index in [1.54, 1.807) is 12.3 Å². The second-order valence-corrected chi connectivity index (χ2v) is 5.30. The van der Waals surface area contributed by atoms with Crippen molar-refractivity contribution in [1.82, 2.24) is 10.3 Å². The van der Waals surface area contributed by atoms with Gasteiger partial charge in [-0.05, 0) is 24.1 Å². The molecule has 0 aliphatic rings. The summed E-state index contributed by atoms with van der Waals surface area (Å²) >= 11 is 1.40. The van der Waals surface area contributed by atoms with Crippen molar-refractivity contribution >= 4 is 23.4 Å². The molecule has 0 radical (unpaired) electrons. The third kappa shape index (κ3) is 4.93. The number of nitrogen functional groups attached to an aromatic ring is 1. The van der Waals surface area contributed by atoms with Crippen LogP contribution in [-0.4, -0.2) is 23.2 Å². The van der Waals surface area contributed by atoms with E-state index < -0.39 is 0 Å². The Balaban J connectivity index is 1.67. The van der Waals surface area contributed by atoms with Crippen LogP contribution in [0.3, 0.4) is 0 Å². The fraction of sp³-hybridized carbons (Fsp3) is 0.200. The molecule has 2 rings (SSSR count). The lowest BCUT2D eigenvalue weighted by Crippen LogP contribution is -2.27. The molecule has 5 heteroatoms. The van der Waals surface area contributed by atoms with E-state index in [4.69, 9.17) is 5.73 Å². The zero-order valence-corrected chi connectivity index (χ0v) is 11.9. The number of nitrogens with one attached hydrogen (secondary N) is 1. The van der Waals surface area contributed by atoms with Crippen LogP contribution in [0.4, 0.5) is 5.69 Å². The lowest BCUT2D eigenvalue weighted by molar-refractivity contribution is -0.118. The topological polar surface area (TPSA) is 68.0 Å². The number of hydrogen-bond acceptors (Lipinski definition) is 4. The third-order valence-corrected chi connectivity index (χ3v) is 3.63. The number of thioether (sulfide) groups is 1. The number of pyridine rings is 1. The van der Waals surface area contributed by atoms with E-state index in [9.17, 15) is 4.79 Å². The summed E-state index contributed by atoms with van der Waals surface area (Å²) < 4.78 is 0. The number of rotatable bonds is 6. The van der Waals surface area contributed by atoms with Crippen LogP contribution >= 0.6 is 11.8 Å². The first-order valence-corrected chi connectivity index (χ1v) is 7.37. The molecular formula is C15H17N3OS. The summed E-state index contributed by atoms with van der Waals surface area (Å²) in [5.41, 5.74) is 7.40. The third-order valence-electron chi connectivity index (χ3n) is 2.69. The Bertz CT molecular complexity index is 543. The monoisotopic (exact) mass is 287 g/mol. The van der Waals surface area contributed by atoms with Crippen molar-refractivity contribution in [2.45, 2.75) is 11.4 Å². The molecule has 104 valence electrons. The smallest absolute Gasteiger partial charge is 0.230 e. The lowest BCUT2D eigenvalue weighted by atomic mass is 10.1. The van der Waals surface area contributed by atoms with E-state index in [-0.39, 0.29) is 5.91 Å². The number of nitrogens with two attached hydrogens (primary N) is 1. The molecular weight excluding hydrogens is 270 g/mol. The summed E-state index contributed by atoms with van der Waals surface area (Å²) in [5, 5.41) is 3.70. The van der Waals surface area contributed by atoms with Crippen LogP contribution in [0.2, 0.25) is 0 Å². The van der Waals surface area contributed by atoms with E-state index >= 15 is 0 Å². The highest BCUT2D eigenvalue weighted by molar-refractivity contribution is 7.99. The molecule has 0 fully saturated rings. The summed E-state index contributed by atoms with van der Waals surface area (Å²) in [7, 11) is 0. The maximum atomic E-state index is 11.7. The Morgan fingerprint density at radius 3 is 2.70 bits per heavy atom. The van der Waals surface area contributed by atoms with Crippen LogP contribution in [0.15, 0.2) is 53.7 Å². The Morgan fingerprint density at radius 1 is 1.20 bits per heavy atom. The minimum Gasteiger partial charge on any atom is -0.397 e. The van der Waals surface area contributed by atoms with Gasteiger partial charge in [0.1, 0.15) is 0 Å². The van der Waals surface area contributed by atoms with Gasteiger partial charge in [0.15, 0.2) is 0 Å². The van der Waals surface area contributed by atoms with Gasteiger partial charge in [0.05, 0.1) is 22.7 Å². The standard InChI is InChI=1S/C15H17N3OS/c16-13-6-7-15(18-10-13)20-11-14(19)17-9-8-12-4-2-1-3-5-12/h1-7,10H,8-9,11,16H2,(H,17,19). The predicted octanol–water partition coefficient (Wildman–Crippen LogP) is 2.11. The summed E-state index contributed by atoms with van der Waals surface area (Å²) in [6, 6.07) is 13.7. The van der Waals surface area contributed by atoms with Crippen LogP contribution < -0.4 is 11.1 Å². The molecule has 1 amide bonds. The minimum atomic E-state index is 0.0181. The van der Waals surface area contributed by atoms with Gasteiger partial charge in [0.2, 0.25) is 5.91 Å². The maximum Gasteiger partial charge on any atom is 0.230 e. The van der Waals surface area contributed by atoms with Gasteiger partial charge < -0.3 is 11.1 Å². The van der Waals surface area contributed by atoms with Gasteiger partial charge in [0, 0.05) is 6.54 Å². The highest BCUT2D eigenvalue weighted by Crippen LogP contribution is 2.15. The second-order valence-electron chi connectivity index (χ2n) is 4.30. The highest BCUT2D eigenvalue weighted by Gasteiger charge is 2.03. The van der Waals surface area contributed by atoms with Crippen LogP contribution in [-0.2, 0) is 11.2 Å². The molecule has 3 N–H and O–H groups in total. The fourth-order valence-electron chi connectivity index (χ4n) is 1.66. The Hall–Kier alpha value is -2.01. The molecule has 20 heavy (non-hydrogen) atoms. The molecule has 1 aromatic carbocycles. The second kappa shape index (κ2) is 7.55.